The maximum atomic E-state index is 11.6. The summed E-state index contributed by atoms with van der Waals surface area (Å²) in [4.78, 5) is 18.5. The van der Waals surface area contributed by atoms with Gasteiger partial charge in [-0.15, -0.1) is 0 Å². The molecule has 0 amide bonds. The van der Waals surface area contributed by atoms with Gasteiger partial charge in [0.1, 0.15) is 5.84 Å². The highest BCUT2D eigenvalue weighted by atomic mass is 16.5. The first-order chi connectivity index (χ1) is 8.91. The van der Waals surface area contributed by atoms with E-state index in [1.54, 1.807) is 12.3 Å². The lowest BCUT2D eigenvalue weighted by Crippen LogP contribution is -2.40. The van der Waals surface area contributed by atoms with Crippen molar-refractivity contribution in [3.05, 3.63) is 24.4 Å². The van der Waals surface area contributed by atoms with E-state index >= 15 is 0 Å². The summed E-state index contributed by atoms with van der Waals surface area (Å²) in [5, 5.41) is 0. The fourth-order valence-corrected chi connectivity index (χ4v) is 2.64. The molecule has 4 heteroatoms. The van der Waals surface area contributed by atoms with Gasteiger partial charge in [0, 0.05) is 12.0 Å². The Morgan fingerprint density at radius 2 is 2.21 bits per heavy atom. The highest BCUT2D eigenvalue weighted by molar-refractivity contribution is 5.98. The lowest BCUT2D eigenvalue weighted by atomic mass is 9.94. The molecule has 0 N–H and O–H groups in total. The van der Waals surface area contributed by atoms with Gasteiger partial charge in [-0.2, -0.15) is 0 Å². The molecule has 4 nitrogen and oxygen atoms in total. The van der Waals surface area contributed by atoms with Gasteiger partial charge >= 0.3 is 5.97 Å². The minimum Gasteiger partial charge on any atom is -0.466 e. The molecule has 0 aromatic rings. The molecule has 1 rings (SSSR count). The Morgan fingerprint density at radius 1 is 1.58 bits per heavy atom. The number of nitrogens with zero attached hydrogens (tertiary/aromatic N) is 2. The number of carbonyl (C=O) groups excluding carboxylic acids is 1. The Hall–Kier alpha value is -1.58. The van der Waals surface area contributed by atoms with E-state index in [1.807, 2.05) is 6.92 Å². The Labute approximate surface area is 115 Å². The number of ether oxygens (including phenoxy) is 1. The standard InChI is InChI=1S/C15H24N2O2/c1-7-11(14(18)19-6)10-13-16-15(4,5)12(8-2)17(13)9-3/h7,9,12H,3,8,10H2,1-2,4-6H3/b11-7+. The zero-order valence-electron chi connectivity index (χ0n) is 12.6. The normalized spacial score (nSPS) is 22.2. The van der Waals surface area contributed by atoms with Gasteiger partial charge in [-0.1, -0.05) is 19.6 Å². The third-order valence-electron chi connectivity index (χ3n) is 3.59. The quantitative estimate of drug-likeness (QED) is 0.566. The van der Waals surface area contributed by atoms with Gasteiger partial charge < -0.3 is 9.64 Å². The van der Waals surface area contributed by atoms with Gasteiger partial charge in [0.2, 0.25) is 0 Å². The third-order valence-corrected chi connectivity index (χ3v) is 3.59. The minimum atomic E-state index is -0.299. The molecule has 106 valence electrons. The Kier molecular flexibility index (Phi) is 4.92. The van der Waals surface area contributed by atoms with Crippen LogP contribution in [0.15, 0.2) is 29.4 Å². The molecule has 1 aliphatic heterocycles. The van der Waals surface area contributed by atoms with E-state index in [0.29, 0.717) is 12.0 Å². The summed E-state index contributed by atoms with van der Waals surface area (Å²) in [7, 11) is 1.40. The summed E-state index contributed by atoms with van der Waals surface area (Å²) in [5.74, 6) is 0.581. The molecule has 0 spiro atoms. The summed E-state index contributed by atoms with van der Waals surface area (Å²) >= 11 is 0. The number of allylic oxidation sites excluding steroid dienone is 1. The van der Waals surface area contributed by atoms with Crippen LogP contribution in [0.5, 0.6) is 0 Å². The number of aliphatic imine (C=N–C) groups is 1. The number of amidine groups is 1. The Morgan fingerprint density at radius 3 is 2.63 bits per heavy atom. The van der Waals surface area contributed by atoms with Gasteiger partial charge in [0.25, 0.3) is 0 Å². The second-order valence-corrected chi connectivity index (χ2v) is 5.18. The number of methoxy groups -OCH3 is 1. The van der Waals surface area contributed by atoms with Crippen molar-refractivity contribution in [2.45, 2.75) is 52.1 Å². The van der Waals surface area contributed by atoms with E-state index in [-0.39, 0.29) is 17.6 Å². The van der Waals surface area contributed by atoms with Crippen LogP contribution in [-0.2, 0) is 9.53 Å². The molecular weight excluding hydrogens is 240 g/mol. The molecule has 1 heterocycles. The van der Waals surface area contributed by atoms with E-state index < -0.39 is 0 Å². The van der Waals surface area contributed by atoms with Crippen molar-refractivity contribution < 1.29 is 9.53 Å². The highest BCUT2D eigenvalue weighted by Gasteiger charge is 2.39. The molecule has 0 saturated carbocycles. The first kappa shape index (κ1) is 15.5. The molecular formula is C15H24N2O2. The van der Waals surface area contributed by atoms with Crippen molar-refractivity contribution in [2.24, 2.45) is 4.99 Å². The van der Waals surface area contributed by atoms with Crippen molar-refractivity contribution in [1.29, 1.82) is 0 Å². The lowest BCUT2D eigenvalue weighted by molar-refractivity contribution is -0.136. The first-order valence-electron chi connectivity index (χ1n) is 6.64. The summed E-state index contributed by atoms with van der Waals surface area (Å²) in [6.45, 7) is 12.1. The fourth-order valence-electron chi connectivity index (χ4n) is 2.64. The van der Waals surface area contributed by atoms with Crippen molar-refractivity contribution in [2.75, 3.05) is 7.11 Å². The van der Waals surface area contributed by atoms with Gasteiger partial charge in [0.05, 0.1) is 18.7 Å². The highest BCUT2D eigenvalue weighted by Crippen LogP contribution is 2.32. The zero-order chi connectivity index (χ0) is 14.6. The van der Waals surface area contributed by atoms with Crippen molar-refractivity contribution in [3.63, 3.8) is 0 Å². The molecule has 1 aliphatic rings. The molecule has 19 heavy (non-hydrogen) atoms. The monoisotopic (exact) mass is 264 g/mol. The predicted octanol–water partition coefficient (Wildman–Crippen LogP) is 2.91. The fraction of sp³-hybridized carbons (Fsp3) is 0.600. The smallest absolute Gasteiger partial charge is 0.333 e. The second-order valence-electron chi connectivity index (χ2n) is 5.18. The SMILES string of the molecule is C=CN1C(C/C(=C\C)C(=O)OC)=NC(C)(C)C1CC. The molecule has 0 radical (unpaired) electrons. The van der Waals surface area contributed by atoms with Crippen molar-refractivity contribution >= 4 is 11.8 Å². The van der Waals surface area contributed by atoms with E-state index in [1.165, 1.54) is 7.11 Å². The van der Waals surface area contributed by atoms with Crippen LogP contribution in [0.25, 0.3) is 0 Å². The van der Waals surface area contributed by atoms with Crippen molar-refractivity contribution in [3.8, 4) is 0 Å². The summed E-state index contributed by atoms with van der Waals surface area (Å²) < 4.78 is 4.78. The van der Waals surface area contributed by atoms with Gasteiger partial charge in [-0.05, 0) is 33.4 Å². The van der Waals surface area contributed by atoms with Crippen LogP contribution in [0, 0.1) is 0 Å². The molecule has 0 bridgehead atoms. The molecule has 0 aromatic carbocycles. The van der Waals surface area contributed by atoms with Crippen LogP contribution in [0.1, 0.15) is 40.5 Å². The summed E-state index contributed by atoms with van der Waals surface area (Å²) in [5.41, 5.74) is 0.466. The largest absolute Gasteiger partial charge is 0.466 e. The van der Waals surface area contributed by atoms with E-state index in [9.17, 15) is 4.79 Å². The Bertz CT molecular complexity index is 422. The number of carbonyl (C=O) groups is 1. The topological polar surface area (TPSA) is 41.9 Å². The van der Waals surface area contributed by atoms with Gasteiger partial charge in [-0.25, -0.2) is 4.79 Å². The van der Waals surface area contributed by atoms with E-state index in [4.69, 9.17) is 9.73 Å². The second kappa shape index (κ2) is 6.04. The van der Waals surface area contributed by atoms with Crippen LogP contribution >= 0.6 is 0 Å². The molecule has 0 fully saturated rings. The van der Waals surface area contributed by atoms with Crippen LogP contribution in [0.3, 0.4) is 0 Å². The van der Waals surface area contributed by atoms with Crippen LogP contribution in [-0.4, -0.2) is 35.4 Å². The third kappa shape index (κ3) is 3.06. The molecule has 1 unspecified atom stereocenters. The maximum Gasteiger partial charge on any atom is 0.333 e. The number of hydrogen-bond acceptors (Lipinski definition) is 4. The summed E-state index contributed by atoms with van der Waals surface area (Å²) in [6.07, 6.45) is 5.04. The van der Waals surface area contributed by atoms with Crippen molar-refractivity contribution in [1.82, 2.24) is 4.90 Å². The molecule has 0 aliphatic carbocycles. The molecule has 0 aromatic heterocycles. The first-order valence-corrected chi connectivity index (χ1v) is 6.64. The van der Waals surface area contributed by atoms with Gasteiger partial charge in [-0.3, -0.25) is 4.99 Å². The zero-order valence-corrected chi connectivity index (χ0v) is 12.6. The predicted molar refractivity (Wildman–Crippen MR) is 78.0 cm³/mol. The van der Waals surface area contributed by atoms with Gasteiger partial charge in [0.15, 0.2) is 0 Å². The molecule has 0 saturated heterocycles. The van der Waals surface area contributed by atoms with Crippen LogP contribution in [0.2, 0.25) is 0 Å². The maximum absolute atomic E-state index is 11.6. The minimum absolute atomic E-state index is 0.159. The van der Waals surface area contributed by atoms with Crippen LogP contribution < -0.4 is 0 Å². The number of esters is 1. The Balaban J connectivity index is 3.00. The summed E-state index contributed by atoms with van der Waals surface area (Å²) in [6, 6.07) is 0.288. The van der Waals surface area contributed by atoms with E-state index in [0.717, 1.165) is 12.3 Å². The average molecular weight is 264 g/mol. The van der Waals surface area contributed by atoms with Crippen LogP contribution in [0.4, 0.5) is 0 Å². The number of hydrogen-bond donors (Lipinski definition) is 0. The lowest BCUT2D eigenvalue weighted by Gasteiger charge is -2.30. The molecule has 1 atom stereocenters. The van der Waals surface area contributed by atoms with E-state index in [2.05, 4.69) is 32.3 Å². The average Bonchev–Trinajstić information content (AvgIpc) is 2.64. The number of rotatable bonds is 5.